The van der Waals surface area contributed by atoms with E-state index in [4.69, 9.17) is 15.5 Å². The van der Waals surface area contributed by atoms with Gasteiger partial charge in [0.15, 0.2) is 0 Å². The predicted molar refractivity (Wildman–Crippen MR) is 139 cm³/mol. The number of pyridine rings is 1. The van der Waals surface area contributed by atoms with Crippen molar-refractivity contribution in [3.63, 3.8) is 0 Å². The first-order valence-electron chi connectivity index (χ1n) is 11.6. The second-order valence-electron chi connectivity index (χ2n) is 8.67. The van der Waals surface area contributed by atoms with Crippen LogP contribution in [0.5, 0.6) is 0 Å². The molecule has 1 aliphatic heterocycles. The van der Waals surface area contributed by atoms with Gasteiger partial charge in [0.05, 0.1) is 28.0 Å². The first kappa shape index (κ1) is 27.5. The molecule has 0 unspecified atom stereocenters. The molecule has 0 radical (unpaired) electrons. The first-order valence-corrected chi connectivity index (χ1v) is 13.1. The predicted octanol–water partition coefficient (Wildman–Crippen LogP) is 6.57. The molecule has 1 amide bonds. The molecule has 0 fully saturated rings. The summed E-state index contributed by atoms with van der Waals surface area (Å²) in [6.07, 6.45) is -2.92. The van der Waals surface area contributed by atoms with E-state index in [1.807, 2.05) is 25.1 Å². The zero-order valence-electron chi connectivity index (χ0n) is 20.0. The van der Waals surface area contributed by atoms with Gasteiger partial charge in [0.1, 0.15) is 16.1 Å². The highest BCUT2D eigenvalue weighted by Crippen LogP contribution is 2.47. The average Bonchev–Trinajstić information content (AvgIpc) is 2.84. The van der Waals surface area contributed by atoms with Crippen molar-refractivity contribution < 1.29 is 22.7 Å². The van der Waals surface area contributed by atoms with E-state index in [2.05, 4.69) is 41.8 Å². The van der Waals surface area contributed by atoms with Gasteiger partial charge in [0.25, 0.3) is 0 Å². The molecule has 2 aromatic heterocycles. The summed E-state index contributed by atoms with van der Waals surface area (Å²) in [6.45, 7) is 3.56. The first-order chi connectivity index (χ1) is 17.5. The number of fused-ring (bicyclic) bond motifs is 1. The van der Waals surface area contributed by atoms with Gasteiger partial charge in [0, 0.05) is 24.2 Å². The summed E-state index contributed by atoms with van der Waals surface area (Å²) in [4.78, 5) is 27.8. The lowest BCUT2D eigenvalue weighted by molar-refractivity contribution is -0.137. The van der Waals surface area contributed by atoms with E-state index in [1.165, 1.54) is 11.0 Å². The van der Waals surface area contributed by atoms with Gasteiger partial charge in [-0.25, -0.2) is 19.7 Å². The van der Waals surface area contributed by atoms with Crippen LogP contribution in [-0.2, 0) is 17.3 Å². The van der Waals surface area contributed by atoms with Crippen molar-refractivity contribution in [1.29, 1.82) is 0 Å². The smallest absolute Gasteiger partial charge is 0.416 e. The zero-order valence-corrected chi connectivity index (χ0v) is 23.2. The molecule has 2 N–H and O–H groups in total. The number of hydrogen-bond donors (Lipinski definition) is 1. The van der Waals surface area contributed by atoms with Crippen LogP contribution >= 0.6 is 31.9 Å². The van der Waals surface area contributed by atoms with Crippen molar-refractivity contribution in [3.8, 4) is 0 Å². The number of carbonyl (C=O) groups excluding carboxylic acids is 1. The molecule has 0 bridgehead atoms. The van der Waals surface area contributed by atoms with E-state index >= 15 is 0 Å². The molecular weight excluding hydrogens is 619 g/mol. The molecule has 37 heavy (non-hydrogen) atoms. The zero-order chi connectivity index (χ0) is 27.0. The van der Waals surface area contributed by atoms with Crippen LogP contribution in [-0.4, -0.2) is 33.3 Å². The second-order valence-corrected chi connectivity index (χ2v) is 10.3. The van der Waals surface area contributed by atoms with Crippen molar-refractivity contribution in [3.05, 3.63) is 80.0 Å². The molecule has 1 aromatic carbocycles. The Hall–Kier alpha value is -2.57. The number of alkyl halides is 3. The summed E-state index contributed by atoms with van der Waals surface area (Å²) in [7, 11) is 0. The standard InChI is InChI=1S/C25H24Br2F3N5O2/c1-3-24(31)12-17(22-32-13-18(26)19(34-22)11-15-6-5-7-21(27)33-15)16-10-14(25(28,29)30)8-9-20(16)35(24)23(36)37-4-2/h5-10,13,17H,3-4,11-12,31H2,1-2H3/t17-,24+/m0/s1. The Balaban J connectivity index is 1.86. The van der Waals surface area contributed by atoms with Crippen LogP contribution < -0.4 is 10.6 Å². The third kappa shape index (κ3) is 5.65. The van der Waals surface area contributed by atoms with Crippen LogP contribution in [0.25, 0.3) is 0 Å². The Bertz CT molecular complexity index is 1320. The molecule has 3 aromatic rings. The maximum Gasteiger partial charge on any atom is 0.416 e. The monoisotopic (exact) mass is 641 g/mol. The molecular formula is C25H24Br2F3N5O2. The largest absolute Gasteiger partial charge is 0.449 e. The molecule has 3 heterocycles. The van der Waals surface area contributed by atoms with Crippen molar-refractivity contribution in [1.82, 2.24) is 15.0 Å². The van der Waals surface area contributed by atoms with Crippen LogP contribution in [0.4, 0.5) is 23.7 Å². The molecule has 7 nitrogen and oxygen atoms in total. The van der Waals surface area contributed by atoms with Gasteiger partial charge in [-0.1, -0.05) is 13.0 Å². The fourth-order valence-electron chi connectivity index (χ4n) is 4.44. The molecule has 4 rings (SSSR count). The minimum atomic E-state index is -4.57. The lowest BCUT2D eigenvalue weighted by Gasteiger charge is -2.46. The number of aromatic nitrogens is 3. The highest BCUT2D eigenvalue weighted by atomic mass is 79.9. The third-order valence-electron chi connectivity index (χ3n) is 6.31. The highest BCUT2D eigenvalue weighted by molar-refractivity contribution is 9.10. The van der Waals surface area contributed by atoms with Crippen LogP contribution in [0.3, 0.4) is 0 Å². The maximum atomic E-state index is 13.7. The summed E-state index contributed by atoms with van der Waals surface area (Å²) in [5.41, 5.74) is 6.53. The van der Waals surface area contributed by atoms with Gasteiger partial charge >= 0.3 is 12.3 Å². The topological polar surface area (TPSA) is 94.2 Å². The molecule has 0 saturated carbocycles. The Morgan fingerprint density at radius 3 is 2.62 bits per heavy atom. The summed E-state index contributed by atoms with van der Waals surface area (Å²) in [5.74, 6) is -0.393. The number of hydrogen-bond acceptors (Lipinski definition) is 6. The number of amides is 1. The van der Waals surface area contributed by atoms with Crippen molar-refractivity contribution in [2.24, 2.45) is 5.73 Å². The van der Waals surface area contributed by atoms with Crippen LogP contribution in [0, 0.1) is 0 Å². The highest BCUT2D eigenvalue weighted by Gasteiger charge is 2.47. The van der Waals surface area contributed by atoms with E-state index in [0.717, 1.165) is 17.8 Å². The summed E-state index contributed by atoms with van der Waals surface area (Å²) >= 11 is 6.83. The molecule has 2 atom stereocenters. The fourth-order valence-corrected chi connectivity index (χ4v) is 5.15. The number of benzene rings is 1. The Morgan fingerprint density at radius 2 is 1.97 bits per heavy atom. The molecule has 0 aliphatic carbocycles. The lowest BCUT2D eigenvalue weighted by atomic mass is 9.80. The van der Waals surface area contributed by atoms with E-state index in [9.17, 15) is 18.0 Å². The number of rotatable bonds is 5. The quantitative estimate of drug-likeness (QED) is 0.317. The van der Waals surface area contributed by atoms with Crippen molar-refractivity contribution >= 4 is 43.6 Å². The number of ether oxygens (including phenoxy) is 1. The Kier molecular flexibility index (Phi) is 7.91. The molecule has 0 spiro atoms. The summed E-state index contributed by atoms with van der Waals surface area (Å²) in [6, 6.07) is 8.76. The number of anilines is 1. The number of nitrogens with zero attached hydrogens (tertiary/aromatic N) is 4. The Morgan fingerprint density at radius 1 is 1.22 bits per heavy atom. The van der Waals surface area contributed by atoms with Crippen LogP contribution in [0.15, 0.2) is 51.7 Å². The van der Waals surface area contributed by atoms with E-state index in [-0.39, 0.29) is 24.3 Å². The van der Waals surface area contributed by atoms with E-state index in [1.54, 1.807) is 13.1 Å². The van der Waals surface area contributed by atoms with Crippen molar-refractivity contribution in [2.75, 3.05) is 11.5 Å². The van der Waals surface area contributed by atoms with Gasteiger partial charge in [-0.15, -0.1) is 0 Å². The average molecular weight is 643 g/mol. The van der Waals surface area contributed by atoms with Gasteiger partial charge in [-0.05, 0) is 87.5 Å². The van der Waals surface area contributed by atoms with E-state index < -0.39 is 29.4 Å². The van der Waals surface area contributed by atoms with Crippen LogP contribution in [0.2, 0.25) is 0 Å². The van der Waals surface area contributed by atoms with Gasteiger partial charge < -0.3 is 10.5 Å². The molecule has 0 saturated heterocycles. The lowest BCUT2D eigenvalue weighted by Crippen LogP contribution is -2.61. The van der Waals surface area contributed by atoms with Gasteiger partial charge in [0.2, 0.25) is 0 Å². The second kappa shape index (κ2) is 10.7. The number of nitrogens with two attached hydrogens (primary N) is 1. The van der Waals surface area contributed by atoms with Crippen LogP contribution in [0.1, 0.15) is 60.9 Å². The number of halogens is 5. The molecule has 1 aliphatic rings. The van der Waals surface area contributed by atoms with E-state index in [0.29, 0.717) is 33.4 Å². The molecule has 12 heteroatoms. The number of carbonyl (C=O) groups is 1. The minimum absolute atomic E-state index is 0.0946. The minimum Gasteiger partial charge on any atom is -0.449 e. The normalized spacial score (nSPS) is 19.5. The summed E-state index contributed by atoms with van der Waals surface area (Å²) in [5, 5.41) is 0. The fraction of sp³-hybridized carbons (Fsp3) is 0.360. The van der Waals surface area contributed by atoms with Crippen molar-refractivity contribution in [2.45, 2.75) is 50.9 Å². The maximum absolute atomic E-state index is 13.7. The third-order valence-corrected chi connectivity index (χ3v) is 7.41. The molecule has 196 valence electrons. The SMILES string of the molecule is CCOC(=O)N1c2ccc(C(F)(F)F)cc2[C@@H](c2ncc(Br)c(Cc3cccc(Br)n3)n2)C[C@@]1(N)CC. The Labute approximate surface area is 228 Å². The van der Waals surface area contributed by atoms with Gasteiger partial charge in [-0.2, -0.15) is 13.2 Å². The van der Waals surface area contributed by atoms with Gasteiger partial charge in [-0.3, -0.25) is 4.90 Å². The summed E-state index contributed by atoms with van der Waals surface area (Å²) < 4.78 is 47.6.